The van der Waals surface area contributed by atoms with Crippen LogP contribution < -0.4 is 20.9 Å². The molecule has 10 heteroatoms. The van der Waals surface area contributed by atoms with E-state index in [4.69, 9.17) is 14.7 Å². The van der Waals surface area contributed by atoms with Gasteiger partial charge in [-0.2, -0.15) is 5.10 Å². The molecule has 2 heterocycles. The molecule has 3 amide bonds. The molecule has 2 aromatic carbocycles. The van der Waals surface area contributed by atoms with E-state index >= 15 is 0 Å². The number of hydrogen-bond donors (Lipinski definition) is 3. The molecule has 3 N–H and O–H groups in total. The number of nitrogens with zero attached hydrogens (tertiary/aromatic N) is 3. The fourth-order valence-electron chi connectivity index (χ4n) is 3.55. The van der Waals surface area contributed by atoms with Crippen LogP contribution in [-0.2, 0) is 21.7 Å². The zero-order valence-corrected chi connectivity index (χ0v) is 22.6. The second-order valence-electron chi connectivity index (χ2n) is 10.0. The Bertz CT molecular complexity index is 1440. The van der Waals surface area contributed by atoms with Gasteiger partial charge in [0.1, 0.15) is 23.9 Å². The van der Waals surface area contributed by atoms with Gasteiger partial charge in [0, 0.05) is 36.4 Å². The van der Waals surface area contributed by atoms with Crippen LogP contribution in [0.25, 0.3) is 5.69 Å². The molecule has 0 saturated carbocycles. The summed E-state index contributed by atoms with van der Waals surface area (Å²) in [5.41, 5.74) is 6.11. The van der Waals surface area contributed by atoms with Crippen LogP contribution in [0.3, 0.4) is 0 Å². The predicted octanol–water partition coefficient (Wildman–Crippen LogP) is 5.88. The van der Waals surface area contributed by atoms with Crippen molar-refractivity contribution in [3.63, 3.8) is 0 Å². The Kier molecular flexibility index (Phi) is 8.26. The number of hydrogen-bond acceptors (Lipinski definition) is 6. The van der Waals surface area contributed by atoms with E-state index in [9.17, 15) is 9.59 Å². The summed E-state index contributed by atoms with van der Waals surface area (Å²) in [5.74, 6) is 1.41. The van der Waals surface area contributed by atoms with Gasteiger partial charge in [0.25, 0.3) is 0 Å². The molecule has 0 aliphatic heterocycles. The largest absolute Gasteiger partial charge is 0.457 e. The molecule has 0 radical (unpaired) electrons. The Morgan fingerprint density at radius 1 is 0.923 bits per heavy atom. The molecule has 0 unspecified atom stereocenters. The van der Waals surface area contributed by atoms with E-state index in [0.717, 1.165) is 16.9 Å². The standard InChI is InChI=1S/C29H32N6O4/c1-19-6-10-23(11-7-19)35-27(17-26(33-35)29(3,4)5)32-28(37)31-21-8-12-24(13-9-21)39-25-14-15-30-22(16-25)18-38-34-20(2)36/h6-17H,18H2,1-5H3,(H,34,36)(H2,31,32,37). The molecule has 10 nitrogen and oxygen atoms in total. The second-order valence-corrected chi connectivity index (χ2v) is 10.0. The van der Waals surface area contributed by atoms with Crippen molar-refractivity contribution in [2.45, 2.75) is 46.6 Å². The lowest BCUT2D eigenvalue weighted by atomic mass is 9.92. The van der Waals surface area contributed by atoms with E-state index in [1.54, 1.807) is 47.3 Å². The van der Waals surface area contributed by atoms with Crippen molar-refractivity contribution in [2.24, 2.45) is 0 Å². The number of hydroxylamine groups is 1. The number of urea groups is 1. The fourth-order valence-corrected chi connectivity index (χ4v) is 3.55. The molecule has 39 heavy (non-hydrogen) atoms. The molecule has 0 spiro atoms. The third kappa shape index (κ3) is 7.65. The highest BCUT2D eigenvalue weighted by Crippen LogP contribution is 2.27. The van der Waals surface area contributed by atoms with Crippen LogP contribution in [0.15, 0.2) is 72.9 Å². The van der Waals surface area contributed by atoms with Crippen molar-refractivity contribution < 1.29 is 19.2 Å². The van der Waals surface area contributed by atoms with Crippen molar-refractivity contribution >= 4 is 23.4 Å². The molecule has 0 atom stereocenters. The maximum absolute atomic E-state index is 12.9. The Balaban J connectivity index is 1.40. The number of anilines is 2. The molecule has 4 aromatic rings. The van der Waals surface area contributed by atoms with Gasteiger partial charge in [0.2, 0.25) is 5.91 Å². The lowest BCUT2D eigenvalue weighted by Crippen LogP contribution is -2.21. The molecule has 0 aliphatic carbocycles. The summed E-state index contributed by atoms with van der Waals surface area (Å²) in [6.07, 6.45) is 1.59. The van der Waals surface area contributed by atoms with Crippen LogP contribution in [-0.4, -0.2) is 26.7 Å². The van der Waals surface area contributed by atoms with Crippen molar-refractivity contribution in [1.82, 2.24) is 20.2 Å². The zero-order chi connectivity index (χ0) is 28.0. The number of rotatable bonds is 8. The van der Waals surface area contributed by atoms with Crippen molar-refractivity contribution in [2.75, 3.05) is 10.6 Å². The van der Waals surface area contributed by atoms with Gasteiger partial charge in [-0.1, -0.05) is 38.5 Å². The Hall–Kier alpha value is -4.70. The van der Waals surface area contributed by atoms with Crippen molar-refractivity contribution in [3.05, 3.63) is 89.9 Å². The van der Waals surface area contributed by atoms with E-state index in [0.29, 0.717) is 28.7 Å². The normalized spacial score (nSPS) is 11.1. The molecule has 0 aliphatic rings. The zero-order valence-electron chi connectivity index (χ0n) is 22.6. The number of carbonyl (C=O) groups excluding carboxylic acids is 2. The van der Waals surface area contributed by atoms with Gasteiger partial charge in [-0.25, -0.2) is 15.0 Å². The molecule has 0 saturated heterocycles. The van der Waals surface area contributed by atoms with E-state index in [1.807, 2.05) is 37.3 Å². The number of pyridine rings is 1. The molecule has 0 fully saturated rings. The van der Waals surface area contributed by atoms with Gasteiger partial charge in [-0.05, 0) is 49.4 Å². The SMILES string of the molecule is CC(=O)NOCc1cc(Oc2ccc(NC(=O)Nc3cc(C(C)(C)C)nn3-c3ccc(C)cc3)cc2)ccn1. The average molecular weight is 529 g/mol. The Morgan fingerprint density at radius 2 is 1.64 bits per heavy atom. The van der Waals surface area contributed by atoms with Crippen LogP contribution in [0.2, 0.25) is 0 Å². The van der Waals surface area contributed by atoms with Crippen LogP contribution in [0.1, 0.15) is 44.6 Å². The third-order valence-corrected chi connectivity index (χ3v) is 5.57. The number of nitrogens with one attached hydrogen (secondary N) is 3. The maximum Gasteiger partial charge on any atom is 0.324 e. The lowest BCUT2D eigenvalue weighted by Gasteiger charge is -2.14. The van der Waals surface area contributed by atoms with E-state index < -0.39 is 6.03 Å². The van der Waals surface area contributed by atoms with Gasteiger partial charge in [-0.15, -0.1) is 0 Å². The van der Waals surface area contributed by atoms with Crippen molar-refractivity contribution in [1.29, 1.82) is 0 Å². The van der Waals surface area contributed by atoms with Crippen LogP contribution in [0.4, 0.5) is 16.3 Å². The summed E-state index contributed by atoms with van der Waals surface area (Å²) < 4.78 is 7.62. The van der Waals surface area contributed by atoms with E-state index in [-0.39, 0.29) is 17.9 Å². The van der Waals surface area contributed by atoms with Crippen molar-refractivity contribution in [3.8, 4) is 17.2 Å². The van der Waals surface area contributed by atoms with E-state index in [1.165, 1.54) is 6.92 Å². The monoisotopic (exact) mass is 528 g/mol. The number of aromatic nitrogens is 3. The number of benzene rings is 2. The van der Waals surface area contributed by atoms with E-state index in [2.05, 4.69) is 41.9 Å². The molecule has 4 rings (SSSR count). The summed E-state index contributed by atoms with van der Waals surface area (Å²) in [5, 5.41) is 10.5. The maximum atomic E-state index is 12.9. The lowest BCUT2D eigenvalue weighted by molar-refractivity contribution is -0.132. The summed E-state index contributed by atoms with van der Waals surface area (Å²) in [6.45, 7) is 9.72. The predicted molar refractivity (Wildman–Crippen MR) is 149 cm³/mol. The fraction of sp³-hybridized carbons (Fsp3) is 0.241. The van der Waals surface area contributed by atoms with Crippen LogP contribution in [0, 0.1) is 6.92 Å². The topological polar surface area (TPSA) is 119 Å². The average Bonchev–Trinajstić information content (AvgIpc) is 3.30. The number of ether oxygens (including phenoxy) is 1. The summed E-state index contributed by atoms with van der Waals surface area (Å²) in [6, 6.07) is 19.9. The minimum Gasteiger partial charge on any atom is -0.457 e. The van der Waals surface area contributed by atoms with Gasteiger partial charge in [0.15, 0.2) is 0 Å². The first kappa shape index (κ1) is 27.3. The third-order valence-electron chi connectivity index (χ3n) is 5.57. The molecule has 202 valence electrons. The minimum atomic E-state index is -0.393. The Morgan fingerprint density at radius 3 is 2.31 bits per heavy atom. The van der Waals surface area contributed by atoms with Crippen LogP contribution >= 0.6 is 0 Å². The summed E-state index contributed by atoms with van der Waals surface area (Å²) in [7, 11) is 0. The highest BCUT2D eigenvalue weighted by molar-refractivity contribution is 5.99. The summed E-state index contributed by atoms with van der Waals surface area (Å²) >= 11 is 0. The minimum absolute atomic E-state index is 0.106. The van der Waals surface area contributed by atoms with Gasteiger partial charge in [-0.3, -0.25) is 19.9 Å². The molecular formula is C29H32N6O4. The van der Waals surface area contributed by atoms with Gasteiger partial charge < -0.3 is 10.1 Å². The number of carbonyl (C=O) groups is 2. The molecule has 2 aromatic heterocycles. The summed E-state index contributed by atoms with van der Waals surface area (Å²) in [4.78, 5) is 33.1. The number of aryl methyl sites for hydroxylation is 1. The highest BCUT2D eigenvalue weighted by atomic mass is 16.6. The highest BCUT2D eigenvalue weighted by Gasteiger charge is 2.21. The van der Waals surface area contributed by atoms with Gasteiger partial charge >= 0.3 is 6.03 Å². The van der Waals surface area contributed by atoms with Crippen LogP contribution in [0.5, 0.6) is 11.5 Å². The first-order chi connectivity index (χ1) is 18.6. The first-order valence-corrected chi connectivity index (χ1v) is 12.4. The first-order valence-electron chi connectivity index (χ1n) is 12.4. The quantitative estimate of drug-likeness (QED) is 0.246. The second kappa shape index (κ2) is 11.8. The number of amides is 3. The smallest absolute Gasteiger partial charge is 0.324 e. The molecular weight excluding hydrogens is 496 g/mol. The van der Waals surface area contributed by atoms with Gasteiger partial charge in [0.05, 0.1) is 17.1 Å². The Labute approximate surface area is 227 Å². The molecule has 0 bridgehead atoms.